The summed E-state index contributed by atoms with van der Waals surface area (Å²) in [5.74, 6) is -0.0303. The predicted octanol–water partition coefficient (Wildman–Crippen LogP) is 2.07. The fourth-order valence-corrected chi connectivity index (χ4v) is 2.21. The number of aromatic nitrogens is 2. The number of carboxylic acids is 1. The van der Waals surface area contributed by atoms with Gasteiger partial charge in [0, 0.05) is 19.6 Å². The lowest BCUT2D eigenvalue weighted by molar-refractivity contribution is 0.0697. The largest absolute Gasteiger partial charge is 0.478 e. The summed E-state index contributed by atoms with van der Waals surface area (Å²) in [4.78, 5) is 15.5. The molecule has 19 heavy (non-hydrogen) atoms. The zero-order valence-corrected chi connectivity index (χ0v) is 11.0. The summed E-state index contributed by atoms with van der Waals surface area (Å²) in [6.07, 6.45) is 2.35. The minimum Gasteiger partial charge on any atom is -0.478 e. The Balaban J connectivity index is 2.48. The van der Waals surface area contributed by atoms with Crippen molar-refractivity contribution in [3.63, 3.8) is 0 Å². The molecule has 1 aromatic heterocycles. The minimum absolute atomic E-state index is 0.135. The summed E-state index contributed by atoms with van der Waals surface area (Å²) in [5, 5.41) is 17.9. The van der Waals surface area contributed by atoms with E-state index in [1.54, 1.807) is 12.1 Å². The van der Waals surface area contributed by atoms with E-state index in [0.717, 1.165) is 24.3 Å². The van der Waals surface area contributed by atoms with Crippen LogP contribution in [-0.2, 0) is 13.0 Å². The van der Waals surface area contributed by atoms with Crippen molar-refractivity contribution < 1.29 is 15.0 Å². The molecule has 5 heteroatoms. The van der Waals surface area contributed by atoms with Crippen molar-refractivity contribution in [2.45, 2.75) is 32.7 Å². The van der Waals surface area contributed by atoms with Gasteiger partial charge < -0.3 is 14.8 Å². The quantitative estimate of drug-likeness (QED) is 0.835. The van der Waals surface area contributed by atoms with Crippen molar-refractivity contribution >= 4 is 17.0 Å². The fraction of sp³-hybridized carbons (Fsp3) is 0.429. The first-order chi connectivity index (χ1) is 9.17. The van der Waals surface area contributed by atoms with Gasteiger partial charge >= 0.3 is 5.97 Å². The van der Waals surface area contributed by atoms with Gasteiger partial charge in [0.15, 0.2) is 0 Å². The number of aromatic carboxylic acids is 1. The third-order valence-corrected chi connectivity index (χ3v) is 3.08. The Labute approximate surface area is 111 Å². The predicted molar refractivity (Wildman–Crippen MR) is 72.4 cm³/mol. The van der Waals surface area contributed by atoms with Gasteiger partial charge in [0.25, 0.3) is 0 Å². The molecule has 1 aromatic carbocycles. The number of aryl methyl sites for hydroxylation is 2. The summed E-state index contributed by atoms with van der Waals surface area (Å²) < 4.78 is 2.11. The first-order valence-electron chi connectivity index (χ1n) is 6.50. The van der Waals surface area contributed by atoms with Gasteiger partial charge in [0.1, 0.15) is 5.82 Å². The molecular weight excluding hydrogens is 244 g/mol. The van der Waals surface area contributed by atoms with Crippen molar-refractivity contribution in [1.82, 2.24) is 9.55 Å². The highest BCUT2D eigenvalue weighted by molar-refractivity contribution is 5.92. The molecule has 0 spiro atoms. The lowest BCUT2D eigenvalue weighted by Gasteiger charge is -2.06. The number of benzene rings is 1. The second-order valence-electron chi connectivity index (χ2n) is 4.52. The molecule has 0 bridgehead atoms. The van der Waals surface area contributed by atoms with Crippen LogP contribution in [0.25, 0.3) is 11.0 Å². The number of carboxylic acid groups (broad SMARTS) is 1. The van der Waals surface area contributed by atoms with E-state index in [1.165, 1.54) is 0 Å². The van der Waals surface area contributed by atoms with Crippen LogP contribution in [0.1, 0.15) is 35.9 Å². The van der Waals surface area contributed by atoms with Crippen molar-refractivity contribution in [3.8, 4) is 0 Å². The van der Waals surface area contributed by atoms with Gasteiger partial charge in [0.2, 0.25) is 0 Å². The molecule has 0 atom stereocenters. The van der Waals surface area contributed by atoms with Gasteiger partial charge in [-0.1, -0.05) is 6.92 Å². The van der Waals surface area contributed by atoms with Gasteiger partial charge in [-0.2, -0.15) is 0 Å². The standard InChI is InChI=1S/C14H18N2O3/c1-2-7-16-12-6-5-10(14(18)19)9-11(12)15-13(16)4-3-8-17/h5-6,9,17H,2-4,7-8H2,1H3,(H,18,19). The van der Waals surface area contributed by atoms with E-state index in [1.807, 2.05) is 6.07 Å². The van der Waals surface area contributed by atoms with E-state index in [0.29, 0.717) is 18.4 Å². The Kier molecular flexibility index (Phi) is 4.16. The molecule has 0 saturated heterocycles. The Hall–Kier alpha value is -1.88. The van der Waals surface area contributed by atoms with Crippen LogP contribution in [0.5, 0.6) is 0 Å². The third kappa shape index (κ3) is 2.76. The lowest BCUT2D eigenvalue weighted by atomic mass is 10.2. The number of hydrogen-bond acceptors (Lipinski definition) is 3. The van der Waals surface area contributed by atoms with Crippen LogP contribution >= 0.6 is 0 Å². The van der Waals surface area contributed by atoms with Gasteiger partial charge in [-0.3, -0.25) is 0 Å². The minimum atomic E-state index is -0.941. The van der Waals surface area contributed by atoms with Gasteiger partial charge in [0.05, 0.1) is 16.6 Å². The number of rotatable bonds is 6. The Morgan fingerprint density at radius 3 is 2.84 bits per heavy atom. The van der Waals surface area contributed by atoms with Gasteiger partial charge in [-0.25, -0.2) is 9.78 Å². The average Bonchev–Trinajstić information content (AvgIpc) is 2.74. The zero-order chi connectivity index (χ0) is 13.8. The lowest BCUT2D eigenvalue weighted by Crippen LogP contribution is -2.04. The Morgan fingerprint density at radius 1 is 1.42 bits per heavy atom. The molecule has 1 heterocycles. The third-order valence-electron chi connectivity index (χ3n) is 3.08. The number of fused-ring (bicyclic) bond motifs is 1. The highest BCUT2D eigenvalue weighted by Gasteiger charge is 2.12. The van der Waals surface area contributed by atoms with Crippen molar-refractivity contribution in [2.75, 3.05) is 6.61 Å². The number of nitrogens with zero attached hydrogens (tertiary/aromatic N) is 2. The molecule has 0 fully saturated rings. The number of hydrogen-bond donors (Lipinski definition) is 2. The van der Waals surface area contributed by atoms with Crippen LogP contribution < -0.4 is 0 Å². The maximum absolute atomic E-state index is 11.0. The van der Waals surface area contributed by atoms with Crippen LogP contribution in [-0.4, -0.2) is 32.3 Å². The van der Waals surface area contributed by atoms with Crippen LogP contribution in [0.3, 0.4) is 0 Å². The van der Waals surface area contributed by atoms with Crippen molar-refractivity contribution in [3.05, 3.63) is 29.6 Å². The number of aliphatic hydroxyl groups excluding tert-OH is 1. The fourth-order valence-electron chi connectivity index (χ4n) is 2.21. The average molecular weight is 262 g/mol. The molecule has 2 aromatic rings. The Morgan fingerprint density at radius 2 is 2.21 bits per heavy atom. The SMILES string of the molecule is CCCn1c(CCCO)nc2cc(C(=O)O)ccc21. The van der Waals surface area contributed by atoms with Gasteiger partial charge in [-0.05, 0) is 31.0 Å². The summed E-state index contributed by atoms with van der Waals surface area (Å²) in [5.41, 5.74) is 1.92. The molecule has 102 valence electrons. The highest BCUT2D eigenvalue weighted by Crippen LogP contribution is 2.19. The topological polar surface area (TPSA) is 75.3 Å². The molecule has 0 radical (unpaired) electrons. The molecule has 2 rings (SSSR count). The maximum Gasteiger partial charge on any atom is 0.335 e. The second-order valence-corrected chi connectivity index (χ2v) is 4.52. The van der Waals surface area contributed by atoms with E-state index >= 15 is 0 Å². The van der Waals surface area contributed by atoms with E-state index in [2.05, 4.69) is 16.5 Å². The first kappa shape index (κ1) is 13.5. The normalized spacial score (nSPS) is 11.1. The molecule has 2 N–H and O–H groups in total. The monoisotopic (exact) mass is 262 g/mol. The number of imidazole rings is 1. The summed E-state index contributed by atoms with van der Waals surface area (Å²) in [6, 6.07) is 5.02. The maximum atomic E-state index is 11.0. The number of aliphatic hydroxyl groups is 1. The Bertz CT molecular complexity index is 590. The second kappa shape index (κ2) is 5.84. The zero-order valence-electron chi connectivity index (χ0n) is 11.0. The summed E-state index contributed by atoms with van der Waals surface area (Å²) in [6.45, 7) is 3.08. The molecule has 0 aliphatic rings. The van der Waals surface area contributed by atoms with Crippen LogP contribution in [0.2, 0.25) is 0 Å². The molecule has 0 unspecified atom stereocenters. The summed E-state index contributed by atoms with van der Waals surface area (Å²) >= 11 is 0. The van der Waals surface area contributed by atoms with Crippen molar-refractivity contribution in [1.29, 1.82) is 0 Å². The van der Waals surface area contributed by atoms with E-state index in [-0.39, 0.29) is 12.2 Å². The molecular formula is C14H18N2O3. The molecule has 0 amide bonds. The molecule has 5 nitrogen and oxygen atoms in total. The number of carbonyl (C=O) groups is 1. The van der Waals surface area contributed by atoms with E-state index in [9.17, 15) is 4.79 Å². The van der Waals surface area contributed by atoms with Gasteiger partial charge in [-0.15, -0.1) is 0 Å². The molecule has 0 aliphatic carbocycles. The summed E-state index contributed by atoms with van der Waals surface area (Å²) in [7, 11) is 0. The molecule has 0 aliphatic heterocycles. The van der Waals surface area contributed by atoms with Crippen LogP contribution in [0.15, 0.2) is 18.2 Å². The van der Waals surface area contributed by atoms with Crippen LogP contribution in [0.4, 0.5) is 0 Å². The molecule has 0 saturated carbocycles. The highest BCUT2D eigenvalue weighted by atomic mass is 16.4. The smallest absolute Gasteiger partial charge is 0.335 e. The van der Waals surface area contributed by atoms with Crippen LogP contribution in [0, 0.1) is 0 Å². The first-order valence-corrected chi connectivity index (χ1v) is 6.50. The van der Waals surface area contributed by atoms with Crippen molar-refractivity contribution in [2.24, 2.45) is 0 Å². The van der Waals surface area contributed by atoms with E-state index < -0.39 is 5.97 Å². The van der Waals surface area contributed by atoms with E-state index in [4.69, 9.17) is 10.2 Å².